The molecular formula is C23H30N4O4. The first-order valence-electron chi connectivity index (χ1n) is 11.1. The Morgan fingerprint density at radius 1 is 1.03 bits per heavy atom. The van der Waals surface area contributed by atoms with E-state index in [1.54, 1.807) is 4.90 Å². The zero-order chi connectivity index (χ0) is 22.2. The molecule has 3 aliphatic rings. The molecule has 1 unspecified atom stereocenters. The van der Waals surface area contributed by atoms with E-state index in [-0.39, 0.29) is 18.4 Å². The average Bonchev–Trinajstić information content (AvgIpc) is 2.97. The maximum absolute atomic E-state index is 13.0. The molecule has 31 heavy (non-hydrogen) atoms. The molecule has 8 heteroatoms. The lowest BCUT2D eigenvalue weighted by Crippen LogP contribution is -2.53. The average molecular weight is 427 g/mol. The molecule has 1 aliphatic carbocycles. The first-order valence-corrected chi connectivity index (χ1v) is 11.1. The Morgan fingerprint density at radius 2 is 1.71 bits per heavy atom. The molecule has 166 valence electrons. The maximum atomic E-state index is 13.0. The number of hydrogen-bond donors (Lipinski definition) is 2. The summed E-state index contributed by atoms with van der Waals surface area (Å²) in [6.07, 6.45) is 5.31. The minimum absolute atomic E-state index is 0.0968. The zero-order valence-corrected chi connectivity index (χ0v) is 18.2. The quantitative estimate of drug-likeness (QED) is 0.725. The van der Waals surface area contributed by atoms with Crippen LogP contribution in [-0.2, 0) is 9.59 Å². The molecule has 2 aliphatic heterocycles. The Kier molecular flexibility index (Phi) is 5.73. The fourth-order valence-corrected chi connectivity index (χ4v) is 5.07. The zero-order valence-electron chi connectivity index (χ0n) is 18.2. The van der Waals surface area contributed by atoms with E-state index in [9.17, 15) is 19.2 Å². The second kappa shape index (κ2) is 8.32. The van der Waals surface area contributed by atoms with Gasteiger partial charge in [-0.25, -0.2) is 4.79 Å². The third-order valence-electron chi connectivity index (χ3n) is 6.64. The summed E-state index contributed by atoms with van der Waals surface area (Å²) in [5.74, 6) is -1.33. The van der Waals surface area contributed by atoms with Gasteiger partial charge in [0.05, 0.1) is 5.92 Å². The van der Waals surface area contributed by atoms with Gasteiger partial charge in [-0.1, -0.05) is 36.5 Å². The number of carbonyl (C=O) groups is 4. The molecule has 0 bridgehead atoms. The smallest absolute Gasteiger partial charge is 0.338 e. The van der Waals surface area contributed by atoms with Crippen LogP contribution >= 0.6 is 0 Å². The minimum Gasteiger partial charge on any atom is -0.338 e. The topological polar surface area (TPSA) is 98.8 Å². The number of hydrogen-bond acceptors (Lipinski definition) is 4. The molecule has 1 aromatic rings. The van der Waals surface area contributed by atoms with Crippen LogP contribution in [0, 0.1) is 19.8 Å². The van der Waals surface area contributed by atoms with Crippen molar-refractivity contribution in [3.8, 4) is 0 Å². The Balaban J connectivity index is 1.41. The van der Waals surface area contributed by atoms with Crippen LogP contribution in [0.2, 0.25) is 0 Å². The van der Waals surface area contributed by atoms with E-state index in [0.717, 1.165) is 35.4 Å². The van der Waals surface area contributed by atoms with Crippen molar-refractivity contribution < 1.29 is 19.2 Å². The van der Waals surface area contributed by atoms with Gasteiger partial charge in [-0.2, -0.15) is 5.01 Å². The van der Waals surface area contributed by atoms with Gasteiger partial charge >= 0.3 is 6.03 Å². The number of imide groups is 1. The van der Waals surface area contributed by atoms with Gasteiger partial charge in [-0.05, 0) is 51.7 Å². The molecule has 2 saturated heterocycles. The monoisotopic (exact) mass is 426 g/mol. The number of likely N-dealkylation sites (tertiary alicyclic amines) is 1. The summed E-state index contributed by atoms with van der Waals surface area (Å²) in [7, 11) is 0. The molecule has 0 aromatic heterocycles. The maximum Gasteiger partial charge on any atom is 0.344 e. The van der Waals surface area contributed by atoms with Crippen LogP contribution in [0.1, 0.15) is 66.4 Å². The molecule has 1 aromatic carbocycles. The van der Waals surface area contributed by atoms with Gasteiger partial charge in [0, 0.05) is 18.7 Å². The van der Waals surface area contributed by atoms with Gasteiger partial charge in [-0.15, -0.1) is 0 Å². The van der Waals surface area contributed by atoms with Crippen molar-refractivity contribution in [2.24, 2.45) is 5.92 Å². The second-order valence-electron chi connectivity index (χ2n) is 9.16. The highest BCUT2D eigenvalue weighted by atomic mass is 16.2. The number of nitrogens with one attached hydrogen (secondary N) is 2. The summed E-state index contributed by atoms with van der Waals surface area (Å²) in [5.41, 5.74) is 4.31. The minimum atomic E-state index is -0.875. The van der Waals surface area contributed by atoms with Gasteiger partial charge in [0.2, 0.25) is 5.91 Å². The van der Waals surface area contributed by atoms with E-state index >= 15 is 0 Å². The van der Waals surface area contributed by atoms with E-state index in [1.807, 2.05) is 32.0 Å². The van der Waals surface area contributed by atoms with Crippen molar-refractivity contribution in [1.29, 1.82) is 0 Å². The lowest BCUT2D eigenvalue weighted by Gasteiger charge is -2.33. The predicted octanol–water partition coefficient (Wildman–Crippen LogP) is 2.44. The molecule has 5 amide bonds. The van der Waals surface area contributed by atoms with Crippen molar-refractivity contribution in [1.82, 2.24) is 20.7 Å². The largest absolute Gasteiger partial charge is 0.344 e. The molecule has 2 heterocycles. The molecule has 3 fully saturated rings. The van der Waals surface area contributed by atoms with Crippen molar-refractivity contribution in [2.75, 3.05) is 13.1 Å². The molecule has 1 atom stereocenters. The fourth-order valence-electron chi connectivity index (χ4n) is 5.07. The van der Waals surface area contributed by atoms with Crippen LogP contribution in [-0.4, -0.2) is 52.3 Å². The van der Waals surface area contributed by atoms with Crippen LogP contribution in [0.3, 0.4) is 0 Å². The van der Waals surface area contributed by atoms with E-state index in [1.165, 1.54) is 0 Å². The molecular weight excluding hydrogens is 396 g/mol. The van der Waals surface area contributed by atoms with Crippen LogP contribution in [0.15, 0.2) is 18.2 Å². The summed E-state index contributed by atoms with van der Waals surface area (Å²) >= 11 is 0. The molecule has 2 N–H and O–H groups in total. The van der Waals surface area contributed by atoms with Crippen LogP contribution in [0.5, 0.6) is 0 Å². The first kappa shape index (κ1) is 21.3. The summed E-state index contributed by atoms with van der Waals surface area (Å²) < 4.78 is 0. The number of benzene rings is 1. The van der Waals surface area contributed by atoms with E-state index < -0.39 is 23.4 Å². The standard InChI is InChI=1S/C23H30N4O4/c1-15-11-16(2)13-18(12-15)20(29)26-10-6-7-17(14-26)19(28)25-27-21(30)23(24-22(27)31)8-4-3-5-9-23/h11-13,17H,3-10,14H2,1-2H3,(H,24,31)(H,25,28). The van der Waals surface area contributed by atoms with Gasteiger partial charge in [0.1, 0.15) is 5.54 Å². The highest BCUT2D eigenvalue weighted by molar-refractivity contribution is 6.08. The second-order valence-corrected chi connectivity index (χ2v) is 9.16. The number of amides is 5. The number of piperidine rings is 1. The Morgan fingerprint density at radius 3 is 2.39 bits per heavy atom. The fraction of sp³-hybridized carbons (Fsp3) is 0.565. The van der Waals surface area contributed by atoms with Crippen molar-refractivity contribution >= 4 is 23.8 Å². The molecule has 1 saturated carbocycles. The summed E-state index contributed by atoms with van der Waals surface area (Å²) in [6, 6.07) is 5.16. The lowest BCUT2D eigenvalue weighted by molar-refractivity contribution is -0.141. The molecule has 1 spiro atoms. The third kappa shape index (κ3) is 4.16. The summed E-state index contributed by atoms with van der Waals surface area (Å²) in [4.78, 5) is 52.9. The lowest BCUT2D eigenvalue weighted by atomic mass is 9.82. The number of urea groups is 1. The Bertz CT molecular complexity index is 902. The van der Waals surface area contributed by atoms with E-state index in [0.29, 0.717) is 37.8 Å². The molecule has 0 radical (unpaired) electrons. The highest BCUT2D eigenvalue weighted by Crippen LogP contribution is 2.33. The van der Waals surface area contributed by atoms with Gasteiger partial charge in [-0.3, -0.25) is 19.8 Å². The number of carbonyl (C=O) groups excluding carboxylic acids is 4. The Hall–Kier alpha value is -2.90. The number of hydrazine groups is 1. The molecule has 8 nitrogen and oxygen atoms in total. The van der Waals surface area contributed by atoms with Gasteiger partial charge < -0.3 is 10.2 Å². The van der Waals surface area contributed by atoms with Crippen molar-refractivity contribution in [3.63, 3.8) is 0 Å². The number of nitrogens with zero attached hydrogens (tertiary/aromatic N) is 2. The number of aryl methyl sites for hydroxylation is 2. The van der Waals surface area contributed by atoms with E-state index in [4.69, 9.17) is 0 Å². The van der Waals surface area contributed by atoms with Gasteiger partial charge in [0.25, 0.3) is 11.8 Å². The normalized spacial score (nSPS) is 23.1. The summed E-state index contributed by atoms with van der Waals surface area (Å²) in [5, 5.41) is 3.64. The predicted molar refractivity (Wildman–Crippen MR) is 114 cm³/mol. The van der Waals surface area contributed by atoms with Gasteiger partial charge in [0.15, 0.2) is 0 Å². The van der Waals surface area contributed by atoms with Crippen LogP contribution in [0.4, 0.5) is 4.79 Å². The number of rotatable bonds is 3. The first-order chi connectivity index (χ1) is 14.8. The van der Waals surface area contributed by atoms with Crippen LogP contribution in [0.25, 0.3) is 0 Å². The highest BCUT2D eigenvalue weighted by Gasteiger charge is 2.52. The van der Waals surface area contributed by atoms with Crippen molar-refractivity contribution in [2.45, 2.75) is 64.3 Å². The Labute approximate surface area is 182 Å². The van der Waals surface area contributed by atoms with Crippen molar-refractivity contribution in [3.05, 3.63) is 34.9 Å². The third-order valence-corrected chi connectivity index (χ3v) is 6.64. The molecule has 4 rings (SSSR count). The van der Waals surface area contributed by atoms with Crippen LogP contribution < -0.4 is 10.7 Å². The van der Waals surface area contributed by atoms with E-state index in [2.05, 4.69) is 10.7 Å². The SMILES string of the molecule is Cc1cc(C)cc(C(=O)N2CCCC(C(=O)NN3C(=O)NC4(CCCCC4)C3=O)C2)c1. The summed E-state index contributed by atoms with van der Waals surface area (Å²) in [6.45, 7) is 4.76.